The number of benzene rings is 2. The van der Waals surface area contributed by atoms with Crippen LogP contribution in [0.4, 0.5) is 0 Å². The molecular formula is C19H24ClNO. The van der Waals surface area contributed by atoms with Crippen LogP contribution in [-0.4, -0.2) is 23.1 Å². The highest BCUT2D eigenvalue weighted by molar-refractivity contribution is 6.30. The summed E-state index contributed by atoms with van der Waals surface area (Å²) in [6, 6.07) is 17.9. The van der Waals surface area contributed by atoms with E-state index in [1.165, 1.54) is 5.56 Å². The fourth-order valence-electron chi connectivity index (χ4n) is 2.49. The highest BCUT2D eigenvalue weighted by atomic mass is 35.5. The average molecular weight is 318 g/mol. The van der Waals surface area contributed by atoms with Gasteiger partial charge in [0.05, 0.1) is 6.10 Å². The summed E-state index contributed by atoms with van der Waals surface area (Å²) in [4.78, 5) is 2.32. The van der Waals surface area contributed by atoms with E-state index in [2.05, 4.69) is 36.1 Å². The third-order valence-electron chi connectivity index (χ3n) is 3.76. The molecule has 0 aromatic heterocycles. The Morgan fingerprint density at radius 3 is 2.36 bits per heavy atom. The highest BCUT2D eigenvalue weighted by Crippen LogP contribution is 2.18. The van der Waals surface area contributed by atoms with Crippen LogP contribution in [0.3, 0.4) is 0 Å². The van der Waals surface area contributed by atoms with Gasteiger partial charge in [-0.25, -0.2) is 0 Å². The Kier molecular flexibility index (Phi) is 6.91. The normalized spacial score (nSPS) is 12.5. The summed E-state index contributed by atoms with van der Waals surface area (Å²) < 4.78 is 0. The zero-order valence-corrected chi connectivity index (χ0v) is 13.8. The molecular weight excluding hydrogens is 294 g/mol. The smallest absolute Gasteiger partial charge is 0.0917 e. The predicted molar refractivity (Wildman–Crippen MR) is 93.0 cm³/mol. The monoisotopic (exact) mass is 317 g/mol. The fraction of sp³-hybridized carbons (Fsp3) is 0.368. The number of rotatable bonds is 8. The zero-order chi connectivity index (χ0) is 15.8. The van der Waals surface area contributed by atoms with Crippen LogP contribution in [0.5, 0.6) is 0 Å². The zero-order valence-electron chi connectivity index (χ0n) is 13.1. The summed E-state index contributed by atoms with van der Waals surface area (Å²) in [6.45, 7) is 4.69. The number of halogens is 1. The minimum atomic E-state index is -0.488. The Balaban J connectivity index is 2.00. The van der Waals surface area contributed by atoms with E-state index in [0.29, 0.717) is 11.6 Å². The van der Waals surface area contributed by atoms with Gasteiger partial charge in [-0.15, -0.1) is 0 Å². The van der Waals surface area contributed by atoms with Gasteiger partial charge in [-0.05, 0) is 36.2 Å². The molecule has 0 bridgehead atoms. The Morgan fingerprint density at radius 1 is 1.05 bits per heavy atom. The first-order valence-electron chi connectivity index (χ1n) is 7.89. The summed E-state index contributed by atoms with van der Waals surface area (Å²) in [5.74, 6) is 0. The first kappa shape index (κ1) is 17.0. The van der Waals surface area contributed by atoms with Gasteiger partial charge < -0.3 is 5.11 Å². The van der Waals surface area contributed by atoms with Crippen molar-refractivity contribution in [3.63, 3.8) is 0 Å². The van der Waals surface area contributed by atoms with Gasteiger partial charge in [0.1, 0.15) is 0 Å². The maximum atomic E-state index is 10.5. The van der Waals surface area contributed by atoms with Gasteiger partial charge in [0.15, 0.2) is 0 Å². The highest BCUT2D eigenvalue weighted by Gasteiger charge is 2.13. The molecule has 2 nitrogen and oxygen atoms in total. The largest absolute Gasteiger partial charge is 0.387 e. The molecule has 0 saturated heterocycles. The van der Waals surface area contributed by atoms with Crippen molar-refractivity contribution in [1.82, 2.24) is 4.90 Å². The first-order valence-corrected chi connectivity index (χ1v) is 8.26. The van der Waals surface area contributed by atoms with E-state index < -0.39 is 6.10 Å². The Hall–Kier alpha value is -1.35. The van der Waals surface area contributed by atoms with Crippen molar-refractivity contribution >= 4 is 11.6 Å². The van der Waals surface area contributed by atoms with Gasteiger partial charge in [0, 0.05) is 18.1 Å². The quantitative estimate of drug-likeness (QED) is 0.764. The molecule has 118 valence electrons. The lowest BCUT2D eigenvalue weighted by molar-refractivity contribution is 0.108. The van der Waals surface area contributed by atoms with Gasteiger partial charge in [-0.1, -0.05) is 67.4 Å². The van der Waals surface area contributed by atoms with Crippen LogP contribution < -0.4 is 0 Å². The maximum Gasteiger partial charge on any atom is 0.0917 e. The van der Waals surface area contributed by atoms with Crippen LogP contribution >= 0.6 is 11.6 Å². The van der Waals surface area contributed by atoms with E-state index in [0.717, 1.165) is 31.5 Å². The molecule has 0 spiro atoms. The Bertz CT molecular complexity index is 541. The van der Waals surface area contributed by atoms with Crippen molar-refractivity contribution in [1.29, 1.82) is 0 Å². The minimum Gasteiger partial charge on any atom is -0.387 e. The number of nitrogens with zero attached hydrogens (tertiary/aromatic N) is 1. The van der Waals surface area contributed by atoms with Crippen molar-refractivity contribution in [2.24, 2.45) is 0 Å². The van der Waals surface area contributed by atoms with E-state index in [1.54, 1.807) is 0 Å². The van der Waals surface area contributed by atoms with Crippen LogP contribution in [0.2, 0.25) is 5.02 Å². The van der Waals surface area contributed by atoms with Gasteiger partial charge >= 0.3 is 0 Å². The van der Waals surface area contributed by atoms with Crippen molar-refractivity contribution in [3.05, 3.63) is 70.7 Å². The van der Waals surface area contributed by atoms with Gasteiger partial charge in [0.2, 0.25) is 0 Å². The molecule has 2 aromatic carbocycles. The van der Waals surface area contributed by atoms with Gasteiger partial charge in [-0.3, -0.25) is 4.90 Å². The molecule has 0 heterocycles. The second kappa shape index (κ2) is 8.94. The molecule has 0 aliphatic heterocycles. The number of aliphatic hydroxyl groups excluding tert-OH is 1. The van der Waals surface area contributed by atoms with Crippen molar-refractivity contribution in [2.45, 2.75) is 32.4 Å². The molecule has 22 heavy (non-hydrogen) atoms. The molecule has 3 heteroatoms. The first-order chi connectivity index (χ1) is 10.7. The van der Waals surface area contributed by atoms with E-state index in [1.807, 2.05) is 30.3 Å². The Labute approximate surface area is 138 Å². The van der Waals surface area contributed by atoms with E-state index in [-0.39, 0.29) is 0 Å². The second-order valence-electron chi connectivity index (χ2n) is 5.64. The maximum absolute atomic E-state index is 10.5. The number of aliphatic hydroxyl groups is 1. The molecule has 1 N–H and O–H groups in total. The molecule has 0 amide bonds. The number of hydrogen-bond donors (Lipinski definition) is 1. The van der Waals surface area contributed by atoms with Gasteiger partial charge in [0.25, 0.3) is 0 Å². The molecule has 2 aromatic rings. The standard InChI is InChI=1S/C19H24ClNO/c1-2-3-13-21(14-16-7-5-4-6-8-16)15-19(22)17-9-11-18(20)12-10-17/h4-12,19,22H,2-3,13-15H2,1H3/t19-/m0/s1. The van der Waals surface area contributed by atoms with Crippen LogP contribution in [-0.2, 0) is 6.54 Å². The summed E-state index contributed by atoms with van der Waals surface area (Å²) >= 11 is 5.91. The topological polar surface area (TPSA) is 23.5 Å². The average Bonchev–Trinajstić information content (AvgIpc) is 2.54. The molecule has 1 atom stereocenters. The van der Waals surface area contributed by atoms with Crippen LogP contribution in [0, 0.1) is 0 Å². The van der Waals surface area contributed by atoms with Crippen LogP contribution in [0.25, 0.3) is 0 Å². The molecule has 0 saturated carbocycles. The third-order valence-corrected chi connectivity index (χ3v) is 4.01. The molecule has 2 rings (SSSR count). The SMILES string of the molecule is CCCCN(Cc1ccccc1)C[C@H](O)c1ccc(Cl)cc1. The van der Waals surface area contributed by atoms with Crippen molar-refractivity contribution < 1.29 is 5.11 Å². The van der Waals surface area contributed by atoms with Crippen molar-refractivity contribution in [3.8, 4) is 0 Å². The molecule has 0 unspecified atom stereocenters. The molecule has 0 aliphatic carbocycles. The summed E-state index contributed by atoms with van der Waals surface area (Å²) in [7, 11) is 0. The minimum absolute atomic E-state index is 0.488. The lowest BCUT2D eigenvalue weighted by Crippen LogP contribution is -2.29. The number of hydrogen-bond acceptors (Lipinski definition) is 2. The van der Waals surface area contributed by atoms with E-state index >= 15 is 0 Å². The summed E-state index contributed by atoms with van der Waals surface area (Å²) in [5.41, 5.74) is 2.20. The summed E-state index contributed by atoms with van der Waals surface area (Å²) in [5, 5.41) is 11.2. The molecule has 0 aliphatic rings. The second-order valence-corrected chi connectivity index (χ2v) is 6.08. The van der Waals surface area contributed by atoms with E-state index in [4.69, 9.17) is 11.6 Å². The van der Waals surface area contributed by atoms with Crippen LogP contribution in [0.1, 0.15) is 37.0 Å². The van der Waals surface area contributed by atoms with Crippen molar-refractivity contribution in [2.75, 3.05) is 13.1 Å². The molecule has 0 fully saturated rings. The number of unbranched alkanes of at least 4 members (excludes halogenated alkanes) is 1. The lowest BCUT2D eigenvalue weighted by atomic mass is 10.1. The van der Waals surface area contributed by atoms with E-state index in [9.17, 15) is 5.11 Å². The molecule has 0 radical (unpaired) electrons. The Morgan fingerprint density at radius 2 is 1.73 bits per heavy atom. The van der Waals surface area contributed by atoms with Gasteiger partial charge in [-0.2, -0.15) is 0 Å². The lowest BCUT2D eigenvalue weighted by Gasteiger charge is -2.25. The van der Waals surface area contributed by atoms with Crippen LogP contribution in [0.15, 0.2) is 54.6 Å². The predicted octanol–water partition coefficient (Wildman–Crippen LogP) is 4.68. The fourth-order valence-corrected chi connectivity index (χ4v) is 2.62. The third kappa shape index (κ3) is 5.45. The summed E-state index contributed by atoms with van der Waals surface area (Å²) in [6.07, 6.45) is 1.81.